The summed E-state index contributed by atoms with van der Waals surface area (Å²) in [5.41, 5.74) is 7.68. The van der Waals surface area contributed by atoms with Gasteiger partial charge in [-0.15, -0.1) is 0 Å². The zero-order valence-electron chi connectivity index (χ0n) is 11.1. The topological polar surface area (TPSA) is 137 Å². The third kappa shape index (κ3) is 6.10. The summed E-state index contributed by atoms with van der Waals surface area (Å²) >= 11 is 0. The number of hydrogen-bond donors (Lipinski definition) is 5. The largest absolute Gasteiger partial charge is 0.508 e. The zero-order chi connectivity index (χ0) is 15.8. The minimum atomic E-state index is -1.26. The third-order valence-corrected chi connectivity index (χ3v) is 2.53. The van der Waals surface area contributed by atoms with Gasteiger partial charge in [0.05, 0.1) is 0 Å². The number of fused-ring (bicyclic) bond motifs is 1. The maximum atomic E-state index is 9.55. The fourth-order valence-electron chi connectivity index (χ4n) is 1.67. The number of phenolic OH excluding ortho intramolecular Hbond substituents is 1. The Kier molecular flexibility index (Phi) is 8.02. The highest BCUT2D eigenvalue weighted by Crippen LogP contribution is 2.22. The predicted molar refractivity (Wildman–Crippen MR) is 83.9 cm³/mol. The average Bonchev–Trinajstić information content (AvgIpc) is 2.80. The van der Waals surface area contributed by atoms with Crippen molar-refractivity contribution in [1.82, 2.24) is 4.98 Å². The van der Waals surface area contributed by atoms with E-state index >= 15 is 0 Å². The van der Waals surface area contributed by atoms with Crippen LogP contribution in [0.2, 0.25) is 0 Å². The van der Waals surface area contributed by atoms with Crippen LogP contribution in [0.4, 0.5) is 0 Å². The Hall–Kier alpha value is -2.80. The molecule has 0 aliphatic carbocycles. The van der Waals surface area contributed by atoms with E-state index in [1.165, 1.54) is 0 Å². The summed E-state index contributed by atoms with van der Waals surface area (Å²) in [5, 5.41) is 26.0. The minimum absolute atomic E-state index is 0. The Bertz CT molecular complexity index is 645. The molecule has 0 bridgehead atoms. The number of benzene rings is 1. The van der Waals surface area contributed by atoms with E-state index in [1.807, 2.05) is 12.3 Å². The second-order valence-corrected chi connectivity index (χ2v) is 4.09. The molecule has 0 unspecified atom stereocenters. The molecule has 0 aliphatic rings. The molecule has 7 heteroatoms. The highest BCUT2D eigenvalue weighted by atomic mass is 16.4. The molecule has 120 valence electrons. The highest BCUT2D eigenvalue weighted by Gasteiger charge is 2.02. The Morgan fingerprint density at radius 1 is 1.18 bits per heavy atom. The number of carbonyl (C=O) groups is 2. The van der Waals surface area contributed by atoms with Crippen LogP contribution >= 0.6 is 0 Å². The zero-order valence-corrected chi connectivity index (χ0v) is 11.1. The van der Waals surface area contributed by atoms with Crippen molar-refractivity contribution in [2.75, 3.05) is 6.54 Å². The van der Waals surface area contributed by atoms with Gasteiger partial charge < -0.3 is 26.0 Å². The second-order valence-electron chi connectivity index (χ2n) is 4.09. The van der Waals surface area contributed by atoms with Crippen LogP contribution in [0.3, 0.4) is 0 Å². The van der Waals surface area contributed by atoms with Crippen molar-refractivity contribution < 1.29 is 24.9 Å². The first-order valence-corrected chi connectivity index (χ1v) is 6.07. The molecule has 0 amide bonds. The molecule has 1 aromatic carbocycles. The monoisotopic (exact) mass is 308 g/mol. The molecule has 1 aromatic heterocycles. The maximum Gasteiger partial charge on any atom is 0.328 e. The van der Waals surface area contributed by atoms with E-state index in [-0.39, 0.29) is 7.43 Å². The van der Waals surface area contributed by atoms with Gasteiger partial charge in [0, 0.05) is 29.3 Å². The number of aromatic amines is 1. The molecule has 1 heterocycles. The summed E-state index contributed by atoms with van der Waals surface area (Å²) in [5.74, 6) is -2.22. The van der Waals surface area contributed by atoms with E-state index in [4.69, 9.17) is 15.9 Å². The lowest BCUT2D eigenvalue weighted by atomic mass is 10.1. The van der Waals surface area contributed by atoms with Crippen LogP contribution in [0.1, 0.15) is 13.0 Å². The van der Waals surface area contributed by atoms with Crippen molar-refractivity contribution in [2.24, 2.45) is 5.73 Å². The van der Waals surface area contributed by atoms with Crippen LogP contribution in [0.25, 0.3) is 10.9 Å². The van der Waals surface area contributed by atoms with Gasteiger partial charge in [0.2, 0.25) is 0 Å². The Morgan fingerprint density at radius 2 is 1.77 bits per heavy atom. The van der Waals surface area contributed by atoms with Crippen molar-refractivity contribution in [3.05, 3.63) is 42.1 Å². The number of H-pyrrole nitrogens is 1. The lowest BCUT2D eigenvalue weighted by Gasteiger charge is -1.96. The Morgan fingerprint density at radius 3 is 2.27 bits per heavy atom. The van der Waals surface area contributed by atoms with E-state index in [0.29, 0.717) is 24.4 Å². The Labute approximate surface area is 127 Å². The molecule has 2 rings (SSSR count). The van der Waals surface area contributed by atoms with Gasteiger partial charge in [0.15, 0.2) is 0 Å². The molecule has 2 aromatic rings. The summed E-state index contributed by atoms with van der Waals surface area (Å²) in [7, 11) is 0. The molecule has 0 saturated heterocycles. The van der Waals surface area contributed by atoms with Crippen molar-refractivity contribution in [1.29, 1.82) is 0 Å². The summed E-state index contributed by atoms with van der Waals surface area (Å²) in [6.07, 6.45) is 3.89. The van der Waals surface area contributed by atoms with Crippen LogP contribution in [-0.2, 0) is 16.0 Å². The third-order valence-electron chi connectivity index (χ3n) is 2.53. The average molecular weight is 308 g/mol. The summed E-state index contributed by atoms with van der Waals surface area (Å²) in [6.45, 7) is 0.628. The standard InChI is InChI=1S/C10H12N2O.C4H4O4.CH4/c11-4-3-7-6-12-10-2-1-8(13)5-9(7)10;5-3(6)1-2-4(7)8;/h1-2,5-6,12-13H,3-4,11H2;1-2H,(H,5,6)(H,7,8);1H4/b;2-1-;. The van der Waals surface area contributed by atoms with Gasteiger partial charge in [-0.1, -0.05) is 7.43 Å². The number of aromatic hydroxyl groups is 1. The number of rotatable bonds is 4. The van der Waals surface area contributed by atoms with Crippen LogP contribution < -0.4 is 5.73 Å². The predicted octanol–water partition coefficient (Wildman–Crippen LogP) is 1.72. The molecule has 22 heavy (non-hydrogen) atoms. The van der Waals surface area contributed by atoms with Crippen molar-refractivity contribution >= 4 is 22.8 Å². The lowest BCUT2D eigenvalue weighted by Crippen LogP contribution is -2.01. The number of phenols is 1. The summed E-state index contributed by atoms with van der Waals surface area (Å²) < 4.78 is 0. The molecule has 0 saturated carbocycles. The van der Waals surface area contributed by atoms with Crippen LogP contribution in [0.15, 0.2) is 36.5 Å². The number of carboxylic acid groups (broad SMARTS) is 2. The second kappa shape index (κ2) is 9.19. The van der Waals surface area contributed by atoms with Gasteiger partial charge in [-0.2, -0.15) is 0 Å². The van der Waals surface area contributed by atoms with Gasteiger partial charge in [-0.05, 0) is 36.7 Å². The maximum absolute atomic E-state index is 9.55. The van der Waals surface area contributed by atoms with Gasteiger partial charge in [-0.25, -0.2) is 9.59 Å². The molecule has 7 nitrogen and oxygen atoms in total. The Balaban J connectivity index is 0.000000432. The number of nitrogens with two attached hydrogens (primary N) is 1. The summed E-state index contributed by atoms with van der Waals surface area (Å²) in [4.78, 5) is 22.2. The van der Waals surface area contributed by atoms with Crippen LogP contribution in [0.5, 0.6) is 5.75 Å². The van der Waals surface area contributed by atoms with E-state index in [9.17, 15) is 14.7 Å². The molecular weight excluding hydrogens is 288 g/mol. The summed E-state index contributed by atoms with van der Waals surface area (Å²) in [6, 6.07) is 5.30. The highest BCUT2D eigenvalue weighted by molar-refractivity contribution is 5.89. The number of hydrogen-bond acceptors (Lipinski definition) is 4. The first-order chi connectivity index (χ1) is 9.93. The molecule has 0 radical (unpaired) electrons. The normalized spacial score (nSPS) is 9.86. The van der Waals surface area contributed by atoms with Crippen molar-refractivity contribution in [3.63, 3.8) is 0 Å². The molecular formula is C15H20N2O5. The quantitative estimate of drug-likeness (QED) is 0.545. The SMILES string of the molecule is C.NCCc1c[nH]c2ccc(O)cc12.O=C(O)/C=C\C(=O)O. The van der Waals surface area contributed by atoms with Gasteiger partial charge in [0.1, 0.15) is 5.75 Å². The first-order valence-electron chi connectivity index (χ1n) is 6.07. The fraction of sp³-hybridized carbons (Fsp3) is 0.200. The lowest BCUT2D eigenvalue weighted by molar-refractivity contribution is -0.134. The number of aliphatic carboxylic acids is 2. The van der Waals surface area contributed by atoms with E-state index in [2.05, 4.69) is 4.98 Å². The van der Waals surface area contributed by atoms with Crippen LogP contribution in [0, 0.1) is 0 Å². The minimum Gasteiger partial charge on any atom is -0.508 e. The van der Waals surface area contributed by atoms with E-state index < -0.39 is 11.9 Å². The molecule has 0 fully saturated rings. The molecule has 0 atom stereocenters. The van der Waals surface area contributed by atoms with E-state index in [1.54, 1.807) is 12.1 Å². The number of nitrogens with one attached hydrogen (secondary N) is 1. The molecule has 6 N–H and O–H groups in total. The molecule has 0 spiro atoms. The fourth-order valence-corrected chi connectivity index (χ4v) is 1.67. The number of aromatic nitrogens is 1. The number of carboxylic acids is 2. The van der Waals surface area contributed by atoms with Crippen molar-refractivity contribution in [2.45, 2.75) is 13.8 Å². The van der Waals surface area contributed by atoms with E-state index in [0.717, 1.165) is 22.9 Å². The molecule has 0 aliphatic heterocycles. The van der Waals surface area contributed by atoms with Gasteiger partial charge in [0.25, 0.3) is 0 Å². The van der Waals surface area contributed by atoms with Gasteiger partial charge >= 0.3 is 11.9 Å². The first kappa shape index (κ1) is 19.2. The smallest absolute Gasteiger partial charge is 0.328 e. The van der Waals surface area contributed by atoms with Crippen LogP contribution in [-0.4, -0.2) is 38.8 Å². The van der Waals surface area contributed by atoms with Crippen molar-refractivity contribution in [3.8, 4) is 5.75 Å². The van der Waals surface area contributed by atoms with Gasteiger partial charge in [-0.3, -0.25) is 0 Å².